The predicted octanol–water partition coefficient (Wildman–Crippen LogP) is 2.23. The van der Waals surface area contributed by atoms with Gasteiger partial charge in [-0.1, -0.05) is 30.3 Å². The number of piperidine rings is 1. The maximum atomic E-state index is 12.3. The van der Waals surface area contributed by atoms with E-state index >= 15 is 0 Å². The zero-order valence-corrected chi connectivity index (χ0v) is 15.2. The summed E-state index contributed by atoms with van der Waals surface area (Å²) in [6.45, 7) is 6.24. The van der Waals surface area contributed by atoms with Gasteiger partial charge in [0.1, 0.15) is 6.61 Å². The second kappa shape index (κ2) is 9.42. The average molecular weight is 347 g/mol. The second-order valence-electron chi connectivity index (χ2n) is 6.84. The van der Waals surface area contributed by atoms with E-state index in [0.29, 0.717) is 19.6 Å². The van der Waals surface area contributed by atoms with Gasteiger partial charge in [-0.05, 0) is 38.2 Å². The van der Waals surface area contributed by atoms with Crippen LogP contribution in [-0.2, 0) is 16.1 Å². The van der Waals surface area contributed by atoms with Crippen LogP contribution in [0.2, 0.25) is 0 Å². The number of nitrogens with zero attached hydrogens (tertiary/aromatic N) is 2. The molecular weight excluding hydrogens is 318 g/mol. The van der Waals surface area contributed by atoms with Crippen molar-refractivity contribution in [3.8, 4) is 0 Å². The molecule has 2 rings (SSSR count). The summed E-state index contributed by atoms with van der Waals surface area (Å²) in [5.41, 5.74) is 6.49. The van der Waals surface area contributed by atoms with Crippen LogP contribution in [0.5, 0.6) is 0 Å². The van der Waals surface area contributed by atoms with Crippen molar-refractivity contribution in [1.29, 1.82) is 0 Å². The molecule has 6 heteroatoms. The molecule has 2 amide bonds. The number of rotatable bonds is 6. The number of benzene rings is 1. The molecule has 1 aliphatic rings. The van der Waals surface area contributed by atoms with Gasteiger partial charge in [-0.25, -0.2) is 4.79 Å². The van der Waals surface area contributed by atoms with Crippen LogP contribution in [0.15, 0.2) is 30.3 Å². The summed E-state index contributed by atoms with van der Waals surface area (Å²) in [5, 5.41) is 0. The lowest BCUT2D eigenvalue weighted by Gasteiger charge is -2.36. The molecule has 1 atom stereocenters. The molecular formula is C19H29N3O3. The van der Waals surface area contributed by atoms with Gasteiger partial charge in [0.15, 0.2) is 0 Å². The Kier molecular flexibility index (Phi) is 7.25. The molecule has 6 nitrogen and oxygen atoms in total. The van der Waals surface area contributed by atoms with E-state index in [1.165, 1.54) is 0 Å². The first-order chi connectivity index (χ1) is 12.0. The van der Waals surface area contributed by atoms with Gasteiger partial charge in [-0.3, -0.25) is 4.79 Å². The molecule has 1 aliphatic heterocycles. The molecule has 138 valence electrons. The van der Waals surface area contributed by atoms with E-state index in [9.17, 15) is 9.59 Å². The zero-order chi connectivity index (χ0) is 18.2. The topological polar surface area (TPSA) is 75.9 Å². The Labute approximate surface area is 149 Å². The highest BCUT2D eigenvalue weighted by molar-refractivity contribution is 5.78. The largest absolute Gasteiger partial charge is 0.445 e. The molecule has 1 aromatic carbocycles. The summed E-state index contributed by atoms with van der Waals surface area (Å²) in [4.78, 5) is 27.9. The van der Waals surface area contributed by atoms with Crippen molar-refractivity contribution in [3.63, 3.8) is 0 Å². The molecule has 0 radical (unpaired) electrons. The Hall–Kier alpha value is -2.08. The summed E-state index contributed by atoms with van der Waals surface area (Å²) in [6.07, 6.45) is 1.65. The highest BCUT2D eigenvalue weighted by Crippen LogP contribution is 2.20. The molecule has 0 spiro atoms. The molecule has 1 heterocycles. The number of nitrogens with two attached hydrogens (primary N) is 1. The summed E-state index contributed by atoms with van der Waals surface area (Å²) >= 11 is 0. The quantitative estimate of drug-likeness (QED) is 0.856. The Bertz CT molecular complexity index is 562. The van der Waals surface area contributed by atoms with Crippen molar-refractivity contribution >= 4 is 12.0 Å². The number of hydrogen-bond acceptors (Lipinski definition) is 4. The average Bonchev–Trinajstić information content (AvgIpc) is 2.64. The lowest BCUT2D eigenvalue weighted by molar-refractivity contribution is -0.132. The third kappa shape index (κ3) is 5.74. The molecule has 1 saturated heterocycles. The molecule has 25 heavy (non-hydrogen) atoms. The zero-order valence-electron chi connectivity index (χ0n) is 15.2. The number of hydrogen-bond donors (Lipinski definition) is 1. The van der Waals surface area contributed by atoms with Crippen LogP contribution in [0.1, 0.15) is 32.3 Å². The minimum absolute atomic E-state index is 0.0216. The lowest BCUT2D eigenvalue weighted by Crippen LogP contribution is -2.48. The summed E-state index contributed by atoms with van der Waals surface area (Å²) in [6, 6.07) is 9.76. The first kappa shape index (κ1) is 19.2. The van der Waals surface area contributed by atoms with Crippen LogP contribution in [0.4, 0.5) is 4.79 Å². The Morgan fingerprint density at radius 1 is 1.32 bits per heavy atom. The van der Waals surface area contributed by atoms with Gasteiger partial charge in [-0.2, -0.15) is 0 Å². The predicted molar refractivity (Wildman–Crippen MR) is 96.8 cm³/mol. The van der Waals surface area contributed by atoms with Crippen molar-refractivity contribution in [2.24, 2.45) is 11.7 Å². The van der Waals surface area contributed by atoms with Gasteiger partial charge in [-0.15, -0.1) is 0 Å². The summed E-state index contributed by atoms with van der Waals surface area (Å²) < 4.78 is 5.42. The Balaban J connectivity index is 1.86. The van der Waals surface area contributed by atoms with E-state index in [-0.39, 0.29) is 37.1 Å². The fourth-order valence-electron chi connectivity index (χ4n) is 3.19. The summed E-state index contributed by atoms with van der Waals surface area (Å²) in [7, 11) is 0. The van der Waals surface area contributed by atoms with E-state index in [4.69, 9.17) is 10.5 Å². The van der Waals surface area contributed by atoms with Crippen LogP contribution in [0.25, 0.3) is 0 Å². The second-order valence-corrected chi connectivity index (χ2v) is 6.84. The van der Waals surface area contributed by atoms with Crippen LogP contribution >= 0.6 is 0 Å². The highest BCUT2D eigenvalue weighted by atomic mass is 16.6. The van der Waals surface area contributed by atoms with Crippen LogP contribution in [0.3, 0.4) is 0 Å². The van der Waals surface area contributed by atoms with Gasteiger partial charge >= 0.3 is 6.09 Å². The van der Waals surface area contributed by atoms with Crippen LogP contribution in [0, 0.1) is 5.92 Å². The van der Waals surface area contributed by atoms with Gasteiger partial charge < -0.3 is 20.3 Å². The molecule has 0 aromatic heterocycles. The van der Waals surface area contributed by atoms with E-state index in [2.05, 4.69) is 0 Å². The van der Waals surface area contributed by atoms with Crippen molar-refractivity contribution in [3.05, 3.63) is 35.9 Å². The van der Waals surface area contributed by atoms with E-state index in [1.54, 1.807) is 4.90 Å². The molecule has 1 fully saturated rings. The lowest BCUT2D eigenvalue weighted by atomic mass is 9.97. The maximum absolute atomic E-state index is 12.3. The van der Waals surface area contributed by atoms with Gasteiger partial charge in [0.25, 0.3) is 0 Å². The number of amides is 2. The first-order valence-electron chi connectivity index (χ1n) is 8.96. The van der Waals surface area contributed by atoms with Gasteiger partial charge in [0.05, 0.1) is 6.54 Å². The first-order valence-corrected chi connectivity index (χ1v) is 8.96. The standard InChI is InChI=1S/C19H29N3O3/c1-15(2)22(18(23)11-20)13-17-9-6-10-21(12-17)19(24)25-14-16-7-4-3-5-8-16/h3-5,7-8,15,17H,6,9-14,20H2,1-2H3/t17-/m0/s1. The minimum Gasteiger partial charge on any atom is -0.445 e. The normalized spacial score (nSPS) is 17.4. The summed E-state index contributed by atoms with van der Waals surface area (Å²) in [5.74, 6) is 0.217. The fourth-order valence-corrected chi connectivity index (χ4v) is 3.19. The number of carbonyl (C=O) groups is 2. The number of carbonyl (C=O) groups excluding carboxylic acids is 2. The van der Waals surface area contributed by atoms with Gasteiger partial charge in [0, 0.05) is 25.7 Å². The smallest absolute Gasteiger partial charge is 0.410 e. The molecule has 2 N–H and O–H groups in total. The Morgan fingerprint density at radius 2 is 2.04 bits per heavy atom. The third-order valence-corrected chi connectivity index (χ3v) is 4.56. The molecule has 1 aromatic rings. The maximum Gasteiger partial charge on any atom is 0.410 e. The number of ether oxygens (including phenoxy) is 1. The molecule has 0 aliphatic carbocycles. The van der Waals surface area contributed by atoms with Gasteiger partial charge in [0.2, 0.25) is 5.91 Å². The van der Waals surface area contributed by atoms with Crippen molar-refractivity contribution < 1.29 is 14.3 Å². The van der Waals surface area contributed by atoms with Crippen molar-refractivity contribution in [2.45, 2.75) is 39.3 Å². The van der Waals surface area contributed by atoms with E-state index in [1.807, 2.05) is 49.1 Å². The van der Waals surface area contributed by atoms with Crippen LogP contribution < -0.4 is 5.73 Å². The van der Waals surface area contributed by atoms with Crippen molar-refractivity contribution in [1.82, 2.24) is 9.80 Å². The highest BCUT2D eigenvalue weighted by Gasteiger charge is 2.28. The van der Waals surface area contributed by atoms with Crippen LogP contribution in [-0.4, -0.2) is 54.0 Å². The molecule has 0 unspecified atom stereocenters. The number of likely N-dealkylation sites (tertiary alicyclic amines) is 1. The fraction of sp³-hybridized carbons (Fsp3) is 0.579. The monoisotopic (exact) mass is 347 g/mol. The Morgan fingerprint density at radius 3 is 2.68 bits per heavy atom. The van der Waals surface area contributed by atoms with Crippen molar-refractivity contribution in [2.75, 3.05) is 26.2 Å². The third-order valence-electron chi connectivity index (χ3n) is 4.56. The SMILES string of the molecule is CC(C)N(C[C@H]1CCCN(C(=O)OCc2ccccc2)C1)C(=O)CN. The van der Waals surface area contributed by atoms with E-state index in [0.717, 1.165) is 18.4 Å². The van der Waals surface area contributed by atoms with E-state index < -0.39 is 0 Å². The molecule has 0 saturated carbocycles. The molecule has 0 bridgehead atoms. The minimum atomic E-state index is -0.283.